The fraction of sp³-hybridized carbons (Fsp3) is 0.300. The average Bonchev–Trinajstić information content (AvgIpc) is 3.16. The molecule has 1 aliphatic heterocycles. The summed E-state index contributed by atoms with van der Waals surface area (Å²) in [6, 6.07) is 15.2. The van der Waals surface area contributed by atoms with Gasteiger partial charge in [0.05, 0.1) is 12.4 Å². The van der Waals surface area contributed by atoms with Crippen LogP contribution in [-0.4, -0.2) is 35.9 Å². The second kappa shape index (κ2) is 8.87. The van der Waals surface area contributed by atoms with Gasteiger partial charge in [0, 0.05) is 29.5 Å². The number of rotatable bonds is 7. The SMILES string of the molecule is O=C(O)CSCc1cccc(NC(=O)c2cccc(C3CCOC3)c2)c1. The van der Waals surface area contributed by atoms with Crippen molar-refractivity contribution in [2.75, 3.05) is 24.3 Å². The molecular formula is C20H21NO4S. The van der Waals surface area contributed by atoms with Gasteiger partial charge in [-0.2, -0.15) is 0 Å². The van der Waals surface area contributed by atoms with Gasteiger partial charge in [-0.15, -0.1) is 11.8 Å². The monoisotopic (exact) mass is 371 g/mol. The predicted molar refractivity (Wildman–Crippen MR) is 103 cm³/mol. The van der Waals surface area contributed by atoms with E-state index in [0.29, 0.717) is 29.5 Å². The Labute approximate surface area is 156 Å². The van der Waals surface area contributed by atoms with Gasteiger partial charge in [0.2, 0.25) is 0 Å². The molecular weight excluding hydrogens is 350 g/mol. The molecule has 26 heavy (non-hydrogen) atoms. The molecule has 6 heteroatoms. The van der Waals surface area contributed by atoms with Crippen LogP contribution in [0.15, 0.2) is 48.5 Å². The Kier molecular flexibility index (Phi) is 6.30. The number of ether oxygens (including phenoxy) is 1. The van der Waals surface area contributed by atoms with Crippen LogP contribution in [0.3, 0.4) is 0 Å². The number of carboxylic acids is 1. The first-order valence-corrected chi connectivity index (χ1v) is 9.65. The van der Waals surface area contributed by atoms with Crippen molar-refractivity contribution in [1.29, 1.82) is 0 Å². The third kappa shape index (κ3) is 5.09. The summed E-state index contributed by atoms with van der Waals surface area (Å²) in [5.74, 6) is 0.0342. The van der Waals surface area contributed by atoms with Crippen LogP contribution in [-0.2, 0) is 15.3 Å². The molecule has 1 amide bonds. The summed E-state index contributed by atoms with van der Waals surface area (Å²) in [5, 5.41) is 11.6. The molecule has 0 aromatic heterocycles. The molecule has 0 bridgehead atoms. The van der Waals surface area contributed by atoms with E-state index in [2.05, 4.69) is 5.32 Å². The van der Waals surface area contributed by atoms with E-state index in [4.69, 9.17) is 9.84 Å². The first-order valence-electron chi connectivity index (χ1n) is 8.49. The second-order valence-electron chi connectivity index (χ2n) is 6.23. The normalized spacial score (nSPS) is 16.4. The molecule has 0 radical (unpaired) electrons. The van der Waals surface area contributed by atoms with Crippen molar-refractivity contribution < 1.29 is 19.4 Å². The molecule has 5 nitrogen and oxygen atoms in total. The number of benzene rings is 2. The maximum atomic E-state index is 12.6. The molecule has 2 N–H and O–H groups in total. The first-order chi connectivity index (χ1) is 12.6. The summed E-state index contributed by atoms with van der Waals surface area (Å²) >= 11 is 1.33. The van der Waals surface area contributed by atoms with E-state index in [-0.39, 0.29) is 11.7 Å². The van der Waals surface area contributed by atoms with Crippen LogP contribution in [0.2, 0.25) is 0 Å². The van der Waals surface area contributed by atoms with Crippen molar-refractivity contribution >= 4 is 29.3 Å². The largest absolute Gasteiger partial charge is 0.481 e. The Bertz CT molecular complexity index is 787. The fourth-order valence-corrected chi connectivity index (χ4v) is 3.62. The molecule has 1 saturated heterocycles. The predicted octanol–water partition coefficient (Wildman–Crippen LogP) is 3.76. The zero-order valence-corrected chi connectivity index (χ0v) is 15.1. The molecule has 3 rings (SSSR count). The van der Waals surface area contributed by atoms with Crippen molar-refractivity contribution in [1.82, 2.24) is 0 Å². The van der Waals surface area contributed by atoms with E-state index >= 15 is 0 Å². The highest BCUT2D eigenvalue weighted by Crippen LogP contribution is 2.26. The van der Waals surface area contributed by atoms with Crippen LogP contribution >= 0.6 is 11.8 Å². The molecule has 1 aliphatic rings. The van der Waals surface area contributed by atoms with Gasteiger partial charge >= 0.3 is 5.97 Å². The van der Waals surface area contributed by atoms with E-state index in [1.165, 1.54) is 11.8 Å². The fourth-order valence-electron chi connectivity index (χ4n) is 2.93. The lowest BCUT2D eigenvalue weighted by Crippen LogP contribution is -2.12. The second-order valence-corrected chi connectivity index (χ2v) is 7.21. The quantitative estimate of drug-likeness (QED) is 0.775. The lowest BCUT2D eigenvalue weighted by atomic mass is 9.96. The number of carboxylic acid groups (broad SMARTS) is 1. The van der Waals surface area contributed by atoms with Crippen molar-refractivity contribution in [3.05, 3.63) is 65.2 Å². The lowest BCUT2D eigenvalue weighted by molar-refractivity contribution is -0.133. The smallest absolute Gasteiger partial charge is 0.313 e. The third-order valence-corrected chi connectivity index (χ3v) is 5.22. The number of nitrogens with one attached hydrogen (secondary N) is 1. The van der Waals surface area contributed by atoms with Crippen molar-refractivity contribution in [3.63, 3.8) is 0 Å². The number of carbonyl (C=O) groups excluding carboxylic acids is 1. The van der Waals surface area contributed by atoms with Gasteiger partial charge in [-0.05, 0) is 41.8 Å². The third-order valence-electron chi connectivity index (χ3n) is 4.23. The van der Waals surface area contributed by atoms with Crippen LogP contribution < -0.4 is 5.32 Å². The molecule has 2 aromatic carbocycles. The van der Waals surface area contributed by atoms with Crippen LogP contribution in [0.25, 0.3) is 0 Å². The van der Waals surface area contributed by atoms with E-state index in [9.17, 15) is 9.59 Å². The number of hydrogen-bond acceptors (Lipinski definition) is 4. The van der Waals surface area contributed by atoms with E-state index < -0.39 is 5.97 Å². The molecule has 1 atom stereocenters. The van der Waals surface area contributed by atoms with Crippen molar-refractivity contribution in [2.24, 2.45) is 0 Å². The van der Waals surface area contributed by atoms with Crippen molar-refractivity contribution in [3.8, 4) is 0 Å². The molecule has 0 saturated carbocycles. The average molecular weight is 371 g/mol. The maximum absolute atomic E-state index is 12.6. The van der Waals surface area contributed by atoms with Gasteiger partial charge in [0.1, 0.15) is 0 Å². The number of aliphatic carboxylic acids is 1. The minimum absolute atomic E-state index is 0.0637. The minimum atomic E-state index is -0.827. The number of hydrogen-bond donors (Lipinski definition) is 2. The van der Waals surface area contributed by atoms with Gasteiger partial charge in [0.25, 0.3) is 5.91 Å². The molecule has 1 heterocycles. The standard InChI is InChI=1S/C20H21NO4S/c22-19(23)13-26-12-14-3-1-6-18(9-14)21-20(24)16-5-2-4-15(10-16)17-7-8-25-11-17/h1-6,9-10,17H,7-8,11-13H2,(H,21,24)(H,22,23). The van der Waals surface area contributed by atoms with E-state index in [1.54, 1.807) is 6.07 Å². The molecule has 0 spiro atoms. The zero-order chi connectivity index (χ0) is 18.4. The Balaban J connectivity index is 1.64. The number of anilines is 1. The van der Waals surface area contributed by atoms with Crippen LogP contribution in [0, 0.1) is 0 Å². The topological polar surface area (TPSA) is 75.6 Å². The Hall–Kier alpha value is -2.31. The van der Waals surface area contributed by atoms with Crippen LogP contribution in [0.4, 0.5) is 5.69 Å². The van der Waals surface area contributed by atoms with Gasteiger partial charge < -0.3 is 15.2 Å². The number of carbonyl (C=O) groups is 2. The Morgan fingerprint density at radius 2 is 2.04 bits per heavy atom. The van der Waals surface area contributed by atoms with Gasteiger partial charge in [-0.25, -0.2) is 0 Å². The summed E-state index contributed by atoms with van der Waals surface area (Å²) < 4.78 is 5.43. The number of thioether (sulfide) groups is 1. The van der Waals surface area contributed by atoms with Crippen molar-refractivity contribution in [2.45, 2.75) is 18.1 Å². The highest BCUT2D eigenvalue weighted by Gasteiger charge is 2.18. The van der Waals surface area contributed by atoms with Gasteiger partial charge in [0.15, 0.2) is 0 Å². The lowest BCUT2D eigenvalue weighted by Gasteiger charge is -2.11. The first kappa shape index (κ1) is 18.5. The summed E-state index contributed by atoms with van der Waals surface area (Å²) in [7, 11) is 0. The van der Waals surface area contributed by atoms with Crippen LogP contribution in [0.5, 0.6) is 0 Å². The summed E-state index contributed by atoms with van der Waals surface area (Å²) in [6.45, 7) is 1.48. The Morgan fingerprint density at radius 1 is 1.19 bits per heavy atom. The molecule has 1 unspecified atom stereocenters. The minimum Gasteiger partial charge on any atom is -0.481 e. The summed E-state index contributed by atoms with van der Waals surface area (Å²) in [6.07, 6.45) is 0.987. The van der Waals surface area contributed by atoms with Crippen LogP contribution in [0.1, 0.15) is 33.8 Å². The molecule has 2 aromatic rings. The van der Waals surface area contributed by atoms with Gasteiger partial charge in [-0.3, -0.25) is 9.59 Å². The molecule has 1 fully saturated rings. The van der Waals surface area contributed by atoms with Gasteiger partial charge in [-0.1, -0.05) is 24.3 Å². The molecule has 136 valence electrons. The Morgan fingerprint density at radius 3 is 2.81 bits per heavy atom. The van der Waals surface area contributed by atoms with E-state index in [1.807, 2.05) is 42.5 Å². The summed E-state index contributed by atoms with van der Waals surface area (Å²) in [5.41, 5.74) is 3.44. The molecule has 0 aliphatic carbocycles. The number of amides is 1. The zero-order valence-electron chi connectivity index (χ0n) is 14.3. The van der Waals surface area contributed by atoms with E-state index in [0.717, 1.165) is 24.2 Å². The summed E-state index contributed by atoms with van der Waals surface area (Å²) in [4.78, 5) is 23.2. The maximum Gasteiger partial charge on any atom is 0.313 e. The highest BCUT2D eigenvalue weighted by atomic mass is 32.2. The highest BCUT2D eigenvalue weighted by molar-refractivity contribution is 7.99.